The molecule has 0 atom stereocenters. The van der Waals surface area contributed by atoms with Crippen LogP contribution < -0.4 is 18.6 Å². The van der Waals surface area contributed by atoms with E-state index in [1.807, 2.05) is 72.3 Å². The minimum Gasteiger partial charge on any atom is -0.490 e. The molecular formula is C26H26N2O2+2. The Morgan fingerprint density at radius 1 is 0.467 bits per heavy atom. The van der Waals surface area contributed by atoms with E-state index in [-0.39, 0.29) is 0 Å². The molecule has 0 unspecified atom stereocenters. The molecule has 4 heteroatoms. The van der Waals surface area contributed by atoms with E-state index >= 15 is 0 Å². The van der Waals surface area contributed by atoms with Crippen molar-refractivity contribution in [3.05, 3.63) is 97.6 Å². The molecule has 0 spiro atoms. The second-order valence-corrected chi connectivity index (χ2v) is 7.25. The largest absolute Gasteiger partial charge is 0.490 e. The highest BCUT2D eigenvalue weighted by Crippen LogP contribution is 2.23. The van der Waals surface area contributed by atoms with Crippen LogP contribution in [-0.4, -0.2) is 13.2 Å². The normalized spacial score (nSPS) is 10.6. The van der Waals surface area contributed by atoms with E-state index in [0.717, 1.165) is 11.5 Å². The number of hydrogen-bond donors (Lipinski definition) is 0. The Morgan fingerprint density at radius 2 is 0.767 bits per heavy atom. The van der Waals surface area contributed by atoms with Crippen molar-refractivity contribution in [2.24, 2.45) is 14.1 Å². The maximum atomic E-state index is 5.81. The van der Waals surface area contributed by atoms with Gasteiger partial charge in [0.05, 0.1) is 0 Å². The van der Waals surface area contributed by atoms with Crippen molar-refractivity contribution in [1.82, 2.24) is 0 Å². The molecular weight excluding hydrogens is 372 g/mol. The third-order valence-electron chi connectivity index (χ3n) is 4.95. The van der Waals surface area contributed by atoms with E-state index in [2.05, 4.69) is 48.5 Å². The van der Waals surface area contributed by atoms with Crippen molar-refractivity contribution in [2.45, 2.75) is 0 Å². The smallest absolute Gasteiger partial charge is 0.169 e. The number of nitrogens with zero attached hydrogens (tertiary/aromatic N) is 2. The van der Waals surface area contributed by atoms with Crippen LogP contribution in [0, 0.1) is 0 Å². The summed E-state index contributed by atoms with van der Waals surface area (Å²) in [5.74, 6) is 1.69. The lowest BCUT2D eigenvalue weighted by Gasteiger charge is -2.10. The van der Waals surface area contributed by atoms with E-state index in [9.17, 15) is 0 Å². The molecule has 0 aliphatic carbocycles. The van der Waals surface area contributed by atoms with Gasteiger partial charge in [0.25, 0.3) is 0 Å². The van der Waals surface area contributed by atoms with Crippen LogP contribution in [0.4, 0.5) is 0 Å². The van der Waals surface area contributed by atoms with Gasteiger partial charge in [-0.25, -0.2) is 9.13 Å². The molecule has 0 amide bonds. The first-order chi connectivity index (χ1) is 14.7. The molecule has 2 aromatic heterocycles. The topological polar surface area (TPSA) is 26.2 Å². The summed E-state index contributed by atoms with van der Waals surface area (Å²) in [5, 5.41) is 0. The molecule has 4 rings (SSSR count). The van der Waals surface area contributed by atoms with Gasteiger partial charge in [0, 0.05) is 24.3 Å². The van der Waals surface area contributed by atoms with Crippen LogP contribution in [0.1, 0.15) is 0 Å². The first kappa shape index (κ1) is 19.6. The van der Waals surface area contributed by atoms with E-state index in [1.165, 1.54) is 22.3 Å². The SMILES string of the molecule is C[n+]1ccc(-c2ccc(OCCOc3ccc(-c4cc[n+](C)cc4)cc3)cc2)cc1. The van der Waals surface area contributed by atoms with Crippen LogP contribution in [0.3, 0.4) is 0 Å². The summed E-state index contributed by atoms with van der Waals surface area (Å²) < 4.78 is 15.7. The minimum absolute atomic E-state index is 0.497. The van der Waals surface area contributed by atoms with Gasteiger partial charge in [-0.2, -0.15) is 0 Å². The fraction of sp³-hybridized carbons (Fsp3) is 0.154. The van der Waals surface area contributed by atoms with Crippen LogP contribution in [-0.2, 0) is 14.1 Å². The zero-order valence-electron chi connectivity index (χ0n) is 17.4. The Kier molecular flexibility index (Phi) is 6.04. The summed E-state index contributed by atoms with van der Waals surface area (Å²) in [6.45, 7) is 0.995. The summed E-state index contributed by atoms with van der Waals surface area (Å²) in [5.41, 5.74) is 4.73. The van der Waals surface area contributed by atoms with E-state index in [0.29, 0.717) is 13.2 Å². The first-order valence-corrected chi connectivity index (χ1v) is 10.0. The maximum absolute atomic E-state index is 5.81. The molecule has 4 aromatic rings. The highest BCUT2D eigenvalue weighted by atomic mass is 16.5. The minimum atomic E-state index is 0.497. The predicted octanol–water partition coefficient (Wildman–Crippen LogP) is 4.13. The molecule has 0 aliphatic heterocycles. The summed E-state index contributed by atoms with van der Waals surface area (Å²) in [4.78, 5) is 0. The van der Waals surface area contributed by atoms with Crippen molar-refractivity contribution >= 4 is 0 Å². The van der Waals surface area contributed by atoms with Crippen molar-refractivity contribution in [3.63, 3.8) is 0 Å². The third kappa shape index (κ3) is 5.03. The Balaban J connectivity index is 1.25. The Morgan fingerprint density at radius 3 is 1.10 bits per heavy atom. The third-order valence-corrected chi connectivity index (χ3v) is 4.95. The Bertz CT molecular complexity index is 981. The zero-order valence-corrected chi connectivity index (χ0v) is 17.4. The highest BCUT2D eigenvalue weighted by Gasteiger charge is 2.03. The molecule has 2 aromatic carbocycles. The first-order valence-electron chi connectivity index (χ1n) is 10.0. The van der Waals surface area contributed by atoms with Crippen molar-refractivity contribution in [3.8, 4) is 33.8 Å². The lowest BCUT2D eigenvalue weighted by molar-refractivity contribution is -0.671. The summed E-state index contributed by atoms with van der Waals surface area (Å²) in [6.07, 6.45) is 8.18. The van der Waals surface area contributed by atoms with Gasteiger partial charge in [0.1, 0.15) is 38.8 Å². The summed E-state index contributed by atoms with van der Waals surface area (Å²) in [7, 11) is 4.03. The lowest BCUT2D eigenvalue weighted by atomic mass is 10.1. The summed E-state index contributed by atoms with van der Waals surface area (Å²) >= 11 is 0. The fourth-order valence-electron chi connectivity index (χ4n) is 3.19. The van der Waals surface area contributed by atoms with Gasteiger partial charge in [-0.15, -0.1) is 0 Å². The Hall–Kier alpha value is -3.66. The molecule has 0 bridgehead atoms. The standard InChI is InChI=1S/C26H26N2O2/c1-27-15-11-23(12-16-27)21-3-7-25(8-4-21)29-19-20-30-26-9-5-22(6-10-26)24-13-17-28(2)18-14-24/h3-18H,19-20H2,1-2H3/q+2. The average molecular weight is 399 g/mol. The van der Waals surface area contributed by atoms with Gasteiger partial charge < -0.3 is 9.47 Å². The van der Waals surface area contributed by atoms with Crippen molar-refractivity contribution in [2.75, 3.05) is 13.2 Å². The van der Waals surface area contributed by atoms with Crippen molar-refractivity contribution < 1.29 is 18.6 Å². The molecule has 4 nitrogen and oxygen atoms in total. The molecule has 2 heterocycles. The van der Waals surface area contributed by atoms with Gasteiger partial charge >= 0.3 is 0 Å². The van der Waals surface area contributed by atoms with Crippen LogP contribution >= 0.6 is 0 Å². The molecule has 150 valence electrons. The monoisotopic (exact) mass is 398 g/mol. The van der Waals surface area contributed by atoms with Crippen LogP contribution in [0.25, 0.3) is 22.3 Å². The van der Waals surface area contributed by atoms with E-state index in [1.54, 1.807) is 0 Å². The van der Waals surface area contributed by atoms with Crippen molar-refractivity contribution in [1.29, 1.82) is 0 Å². The van der Waals surface area contributed by atoms with Crippen LogP contribution in [0.15, 0.2) is 97.6 Å². The van der Waals surface area contributed by atoms with Gasteiger partial charge in [-0.3, -0.25) is 0 Å². The number of aryl methyl sites for hydroxylation is 2. The quantitative estimate of drug-likeness (QED) is 0.346. The number of aromatic nitrogens is 2. The Labute approximate surface area is 177 Å². The number of rotatable bonds is 7. The van der Waals surface area contributed by atoms with Crippen LogP contribution in [0.2, 0.25) is 0 Å². The molecule has 0 radical (unpaired) electrons. The number of pyridine rings is 2. The molecule has 0 fully saturated rings. The fourth-order valence-corrected chi connectivity index (χ4v) is 3.19. The van der Waals surface area contributed by atoms with Gasteiger partial charge in [-0.05, 0) is 46.5 Å². The molecule has 0 N–H and O–H groups in total. The summed E-state index contributed by atoms with van der Waals surface area (Å²) in [6, 6.07) is 24.7. The number of ether oxygens (including phenoxy) is 2. The van der Waals surface area contributed by atoms with E-state index < -0.39 is 0 Å². The van der Waals surface area contributed by atoms with Crippen LogP contribution in [0.5, 0.6) is 11.5 Å². The molecule has 0 saturated carbocycles. The second kappa shape index (κ2) is 9.23. The van der Waals surface area contributed by atoms with Gasteiger partial charge in [0.15, 0.2) is 24.8 Å². The molecule has 30 heavy (non-hydrogen) atoms. The lowest BCUT2D eigenvalue weighted by Crippen LogP contribution is -2.25. The highest BCUT2D eigenvalue weighted by molar-refractivity contribution is 5.63. The predicted molar refractivity (Wildman–Crippen MR) is 117 cm³/mol. The second-order valence-electron chi connectivity index (χ2n) is 7.25. The van der Waals surface area contributed by atoms with Gasteiger partial charge in [0.2, 0.25) is 0 Å². The maximum Gasteiger partial charge on any atom is 0.169 e. The van der Waals surface area contributed by atoms with Gasteiger partial charge in [-0.1, -0.05) is 24.3 Å². The van der Waals surface area contributed by atoms with E-state index in [4.69, 9.17) is 9.47 Å². The number of benzene rings is 2. The number of hydrogen-bond acceptors (Lipinski definition) is 2. The molecule has 0 saturated heterocycles. The molecule has 0 aliphatic rings. The zero-order chi connectivity index (χ0) is 20.8. The average Bonchev–Trinajstić information content (AvgIpc) is 2.79.